The lowest BCUT2D eigenvalue weighted by Gasteiger charge is -2.37. The second kappa shape index (κ2) is 12.1. The Labute approximate surface area is 205 Å². The topological polar surface area (TPSA) is 45.2 Å². The number of rotatable bonds is 10. The molecule has 35 heavy (non-hydrogen) atoms. The smallest absolute Gasteiger partial charge is 0.142 e. The molecule has 0 amide bonds. The molecule has 1 aliphatic rings. The number of aliphatic hydroxyl groups is 1. The van der Waals surface area contributed by atoms with Crippen LogP contribution in [0.5, 0.6) is 5.75 Å². The minimum Gasteiger partial charge on any atom is -0.492 e. The molecule has 0 saturated carbocycles. The number of halogens is 2. The van der Waals surface area contributed by atoms with Crippen LogP contribution in [0.25, 0.3) is 0 Å². The van der Waals surface area contributed by atoms with Gasteiger partial charge in [-0.05, 0) is 54.4 Å². The molecule has 0 aliphatic carbocycles. The van der Waals surface area contributed by atoms with Gasteiger partial charge in [0.25, 0.3) is 0 Å². The first kappa shape index (κ1) is 25.1. The molecular weight excluding hydrogens is 450 g/mol. The summed E-state index contributed by atoms with van der Waals surface area (Å²) in [5.41, 5.74) is 2.58. The van der Waals surface area contributed by atoms with E-state index in [0.717, 1.165) is 48.7 Å². The van der Waals surface area contributed by atoms with Crippen LogP contribution in [0.3, 0.4) is 0 Å². The van der Waals surface area contributed by atoms with Gasteiger partial charge < -0.3 is 19.5 Å². The number of hydrogen-bond acceptors (Lipinski definition) is 5. The van der Waals surface area contributed by atoms with Crippen molar-refractivity contribution < 1.29 is 23.4 Å². The molecule has 7 heteroatoms. The summed E-state index contributed by atoms with van der Waals surface area (Å²) in [4.78, 5) is 4.53. The second-order valence-electron chi connectivity index (χ2n) is 8.66. The van der Waals surface area contributed by atoms with Gasteiger partial charge in [0, 0.05) is 32.7 Å². The molecule has 1 saturated heterocycles. The van der Waals surface area contributed by atoms with E-state index in [1.165, 1.54) is 24.3 Å². The molecule has 5 nitrogen and oxygen atoms in total. The summed E-state index contributed by atoms with van der Waals surface area (Å²) < 4.78 is 38.7. The Kier molecular flexibility index (Phi) is 8.69. The zero-order valence-electron chi connectivity index (χ0n) is 19.9. The maximum absolute atomic E-state index is 13.4. The molecule has 1 unspecified atom stereocenters. The average molecular weight is 483 g/mol. The Balaban J connectivity index is 1.32. The van der Waals surface area contributed by atoms with Crippen LogP contribution in [-0.4, -0.2) is 62.0 Å². The zero-order chi connectivity index (χ0) is 24.6. The lowest BCUT2D eigenvalue weighted by molar-refractivity contribution is -0.00897. The molecule has 1 N–H and O–H groups in total. The first-order valence-electron chi connectivity index (χ1n) is 12.0. The summed E-state index contributed by atoms with van der Waals surface area (Å²) in [5.74, 6) is 0.217. The van der Waals surface area contributed by atoms with Crippen molar-refractivity contribution >= 4 is 5.69 Å². The second-order valence-corrected chi connectivity index (χ2v) is 8.66. The van der Waals surface area contributed by atoms with E-state index in [-0.39, 0.29) is 18.2 Å². The summed E-state index contributed by atoms with van der Waals surface area (Å²) in [6.07, 6.45) is -1.22. The highest BCUT2D eigenvalue weighted by Gasteiger charge is 2.23. The summed E-state index contributed by atoms with van der Waals surface area (Å²) in [7, 11) is 0. The highest BCUT2D eigenvalue weighted by Crippen LogP contribution is 2.29. The monoisotopic (exact) mass is 482 g/mol. The highest BCUT2D eigenvalue weighted by atomic mass is 19.1. The Bertz CT molecular complexity index is 1010. The largest absolute Gasteiger partial charge is 0.492 e. The Morgan fingerprint density at radius 2 is 1.40 bits per heavy atom. The van der Waals surface area contributed by atoms with Gasteiger partial charge in [-0.3, -0.25) is 4.90 Å². The van der Waals surface area contributed by atoms with E-state index in [0.29, 0.717) is 13.2 Å². The summed E-state index contributed by atoms with van der Waals surface area (Å²) in [6.45, 7) is 6.51. The van der Waals surface area contributed by atoms with Gasteiger partial charge in [0.1, 0.15) is 23.5 Å². The van der Waals surface area contributed by atoms with Gasteiger partial charge in [-0.2, -0.15) is 0 Å². The fourth-order valence-corrected chi connectivity index (χ4v) is 4.39. The lowest BCUT2D eigenvalue weighted by Crippen LogP contribution is -2.49. The van der Waals surface area contributed by atoms with Crippen LogP contribution in [0.4, 0.5) is 14.5 Å². The number of benzene rings is 3. The van der Waals surface area contributed by atoms with Gasteiger partial charge in [-0.15, -0.1) is 0 Å². The molecular formula is C28H32F2N2O3. The predicted molar refractivity (Wildman–Crippen MR) is 133 cm³/mol. The molecule has 0 radical (unpaired) electrons. The van der Waals surface area contributed by atoms with Gasteiger partial charge in [-0.25, -0.2) is 8.78 Å². The summed E-state index contributed by atoms with van der Waals surface area (Å²) in [5, 5.41) is 10.7. The van der Waals surface area contributed by atoms with Crippen LogP contribution in [0.1, 0.15) is 24.2 Å². The zero-order valence-corrected chi connectivity index (χ0v) is 19.9. The van der Waals surface area contributed by atoms with Crippen LogP contribution in [0.15, 0.2) is 72.8 Å². The maximum atomic E-state index is 13.4. The predicted octanol–water partition coefficient (Wildman–Crippen LogP) is 4.65. The number of hydrogen-bond donors (Lipinski definition) is 1. The van der Waals surface area contributed by atoms with Crippen molar-refractivity contribution in [2.75, 3.05) is 50.8 Å². The Hall–Kier alpha value is -3.00. The van der Waals surface area contributed by atoms with E-state index >= 15 is 0 Å². The number of anilines is 1. The van der Waals surface area contributed by atoms with Crippen LogP contribution in [-0.2, 0) is 4.74 Å². The lowest BCUT2D eigenvalue weighted by atomic mass is 10.0. The van der Waals surface area contributed by atoms with Crippen molar-refractivity contribution in [3.05, 3.63) is 95.6 Å². The minimum atomic E-state index is -0.694. The van der Waals surface area contributed by atoms with Gasteiger partial charge in [0.2, 0.25) is 0 Å². The number of para-hydroxylation sites is 2. The van der Waals surface area contributed by atoms with Crippen molar-refractivity contribution in [1.82, 2.24) is 4.90 Å². The highest BCUT2D eigenvalue weighted by molar-refractivity contribution is 5.58. The quantitative estimate of drug-likeness (QED) is 0.456. The van der Waals surface area contributed by atoms with E-state index in [2.05, 4.69) is 15.9 Å². The van der Waals surface area contributed by atoms with Crippen LogP contribution in [0.2, 0.25) is 0 Å². The van der Waals surface area contributed by atoms with Crippen molar-refractivity contribution in [1.29, 1.82) is 0 Å². The van der Waals surface area contributed by atoms with Crippen molar-refractivity contribution in [3.8, 4) is 5.75 Å². The molecule has 4 rings (SSSR count). The van der Waals surface area contributed by atoms with Gasteiger partial charge in [-0.1, -0.05) is 36.4 Å². The molecule has 1 fully saturated rings. The van der Waals surface area contributed by atoms with Crippen molar-refractivity contribution in [3.63, 3.8) is 0 Å². The molecule has 186 valence electrons. The molecule has 0 aromatic heterocycles. The third kappa shape index (κ3) is 6.78. The van der Waals surface area contributed by atoms with Gasteiger partial charge >= 0.3 is 0 Å². The van der Waals surface area contributed by atoms with E-state index in [4.69, 9.17) is 9.47 Å². The minimum absolute atomic E-state index is 0.104. The average Bonchev–Trinajstić information content (AvgIpc) is 2.87. The first-order chi connectivity index (χ1) is 17.0. The van der Waals surface area contributed by atoms with E-state index in [1.807, 2.05) is 25.1 Å². The molecule has 1 heterocycles. The molecule has 0 bridgehead atoms. The van der Waals surface area contributed by atoms with Crippen LogP contribution in [0, 0.1) is 11.6 Å². The third-order valence-corrected chi connectivity index (χ3v) is 6.15. The molecule has 3 aromatic rings. The fraction of sp³-hybridized carbons (Fsp3) is 0.357. The summed E-state index contributed by atoms with van der Waals surface area (Å²) in [6, 6.07) is 20.1. The third-order valence-electron chi connectivity index (χ3n) is 6.15. The number of β-amino-alcohol motifs (C(OH)–C–C–N with tert-alkyl or cyclic N) is 1. The van der Waals surface area contributed by atoms with E-state index in [1.54, 1.807) is 24.3 Å². The number of ether oxygens (including phenoxy) is 2. The van der Waals surface area contributed by atoms with Crippen molar-refractivity contribution in [2.24, 2.45) is 0 Å². The number of piperazine rings is 1. The molecule has 1 aliphatic heterocycles. The Morgan fingerprint density at radius 3 is 1.97 bits per heavy atom. The van der Waals surface area contributed by atoms with Crippen molar-refractivity contribution in [2.45, 2.75) is 19.1 Å². The SMILES string of the molecule is CCOc1ccccc1N1CCN(CC(O)COC(c2ccc(F)cc2)c2ccc(F)cc2)CC1. The molecule has 3 aromatic carbocycles. The van der Waals surface area contributed by atoms with Gasteiger partial charge in [0.05, 0.1) is 25.0 Å². The van der Waals surface area contributed by atoms with E-state index < -0.39 is 12.2 Å². The first-order valence-corrected chi connectivity index (χ1v) is 12.0. The summed E-state index contributed by atoms with van der Waals surface area (Å²) >= 11 is 0. The number of nitrogens with zero attached hydrogens (tertiary/aromatic N) is 2. The molecule has 1 atom stereocenters. The van der Waals surface area contributed by atoms with E-state index in [9.17, 15) is 13.9 Å². The van der Waals surface area contributed by atoms with Gasteiger partial charge in [0.15, 0.2) is 0 Å². The normalized spacial score (nSPS) is 15.4. The standard InChI is InChI=1S/C28H32F2N2O3/c1-2-34-27-6-4-3-5-26(27)32-17-15-31(16-18-32)19-25(33)20-35-28(21-7-11-23(29)12-8-21)22-9-13-24(30)14-10-22/h3-14,25,28,33H,2,15-20H2,1H3. The number of aliphatic hydroxyl groups excluding tert-OH is 1. The Morgan fingerprint density at radius 1 is 0.829 bits per heavy atom. The van der Waals surface area contributed by atoms with Crippen LogP contribution < -0.4 is 9.64 Å². The fourth-order valence-electron chi connectivity index (χ4n) is 4.39. The molecule has 0 spiro atoms. The maximum Gasteiger partial charge on any atom is 0.142 e. The van der Waals surface area contributed by atoms with Crippen LogP contribution >= 0.6 is 0 Å².